The zero-order chi connectivity index (χ0) is 21.2. The van der Waals surface area contributed by atoms with Crippen molar-refractivity contribution in [2.45, 2.75) is 24.3 Å². The molecule has 0 spiro atoms. The number of nitrogens with one attached hydrogen (secondary N) is 1. The van der Waals surface area contributed by atoms with Crippen LogP contribution in [-0.4, -0.2) is 21.0 Å². The summed E-state index contributed by atoms with van der Waals surface area (Å²) in [6, 6.07) is 19.6. The average molecular weight is 426 g/mol. The lowest BCUT2D eigenvalue weighted by Crippen LogP contribution is -2.22. The van der Waals surface area contributed by atoms with Gasteiger partial charge in [0.15, 0.2) is 0 Å². The molecule has 0 radical (unpaired) electrons. The van der Waals surface area contributed by atoms with Crippen molar-refractivity contribution in [3.05, 3.63) is 96.0 Å². The molecule has 0 amide bonds. The lowest BCUT2D eigenvalue weighted by atomic mass is 10.1. The van der Waals surface area contributed by atoms with Crippen molar-refractivity contribution in [3.63, 3.8) is 0 Å². The number of sulfonamides is 1. The third-order valence-electron chi connectivity index (χ3n) is 4.32. The molecule has 0 fully saturated rings. The van der Waals surface area contributed by atoms with Crippen LogP contribution in [0.2, 0.25) is 0 Å². The van der Waals surface area contributed by atoms with Crippen molar-refractivity contribution in [3.8, 4) is 0 Å². The molecule has 6 nitrogen and oxygen atoms in total. The van der Waals surface area contributed by atoms with Crippen molar-refractivity contribution in [2.75, 3.05) is 6.61 Å². The topological polar surface area (TPSA) is 85.6 Å². The largest absolute Gasteiger partial charge is 0.468 e. The molecule has 1 aromatic heterocycles. The SMILES string of the molecule is O=C(/C=C/c1ccc(S(=O)(=O)NCc2ccco2)cc1)OCCCc1ccccc1. The number of hydrogen-bond donors (Lipinski definition) is 1. The van der Waals surface area contributed by atoms with Gasteiger partial charge in [0.25, 0.3) is 0 Å². The van der Waals surface area contributed by atoms with E-state index < -0.39 is 16.0 Å². The molecule has 3 rings (SSSR count). The van der Waals surface area contributed by atoms with Crippen molar-refractivity contribution >= 4 is 22.1 Å². The van der Waals surface area contributed by atoms with Crippen LogP contribution in [0.4, 0.5) is 0 Å². The number of esters is 1. The highest BCUT2D eigenvalue weighted by Gasteiger charge is 2.13. The maximum Gasteiger partial charge on any atom is 0.330 e. The van der Waals surface area contributed by atoms with E-state index in [1.807, 2.05) is 30.3 Å². The van der Waals surface area contributed by atoms with Gasteiger partial charge in [-0.2, -0.15) is 0 Å². The summed E-state index contributed by atoms with van der Waals surface area (Å²) in [6.07, 6.45) is 6.01. The molecule has 0 aliphatic rings. The predicted octanol–water partition coefficient (Wildman–Crippen LogP) is 3.95. The molecule has 30 heavy (non-hydrogen) atoms. The van der Waals surface area contributed by atoms with Crippen LogP contribution in [0.25, 0.3) is 6.08 Å². The lowest BCUT2D eigenvalue weighted by molar-refractivity contribution is -0.137. The fourth-order valence-corrected chi connectivity index (χ4v) is 3.72. The van der Waals surface area contributed by atoms with Gasteiger partial charge in [-0.05, 0) is 54.3 Å². The van der Waals surface area contributed by atoms with Crippen molar-refractivity contribution in [1.29, 1.82) is 0 Å². The molecule has 0 atom stereocenters. The van der Waals surface area contributed by atoms with E-state index in [4.69, 9.17) is 9.15 Å². The van der Waals surface area contributed by atoms with Crippen LogP contribution < -0.4 is 4.72 Å². The van der Waals surface area contributed by atoms with E-state index in [1.54, 1.807) is 30.3 Å². The molecule has 1 heterocycles. The number of benzene rings is 2. The first-order valence-electron chi connectivity index (χ1n) is 9.54. The molecule has 0 saturated carbocycles. The Labute approximate surface area is 176 Å². The molecule has 0 unspecified atom stereocenters. The van der Waals surface area contributed by atoms with Crippen molar-refractivity contribution in [2.24, 2.45) is 0 Å². The first-order valence-corrected chi connectivity index (χ1v) is 11.0. The summed E-state index contributed by atoms with van der Waals surface area (Å²) < 4.78 is 37.4. The van der Waals surface area contributed by atoms with Gasteiger partial charge in [-0.25, -0.2) is 17.9 Å². The van der Waals surface area contributed by atoms with E-state index in [9.17, 15) is 13.2 Å². The smallest absolute Gasteiger partial charge is 0.330 e. The van der Waals surface area contributed by atoms with Crippen LogP contribution in [0.1, 0.15) is 23.3 Å². The van der Waals surface area contributed by atoms with E-state index in [1.165, 1.54) is 30.0 Å². The van der Waals surface area contributed by atoms with E-state index in [2.05, 4.69) is 4.72 Å². The lowest BCUT2D eigenvalue weighted by Gasteiger charge is -2.06. The molecule has 0 saturated heterocycles. The van der Waals surface area contributed by atoms with Crippen LogP contribution in [0, 0.1) is 0 Å². The molecular weight excluding hydrogens is 402 g/mol. The second kappa shape index (κ2) is 10.6. The number of furan rings is 1. The van der Waals surface area contributed by atoms with Gasteiger partial charge in [-0.15, -0.1) is 0 Å². The fraction of sp³-hybridized carbons (Fsp3) is 0.174. The zero-order valence-electron chi connectivity index (χ0n) is 16.4. The Morgan fingerprint density at radius 3 is 2.47 bits per heavy atom. The second-order valence-corrected chi connectivity index (χ2v) is 8.33. The molecule has 1 N–H and O–H groups in total. The first-order chi connectivity index (χ1) is 14.5. The van der Waals surface area contributed by atoms with Gasteiger partial charge < -0.3 is 9.15 Å². The maximum atomic E-state index is 12.3. The molecular formula is C23H23NO5S. The Kier molecular flexibility index (Phi) is 7.59. The van der Waals surface area contributed by atoms with E-state index in [0.717, 1.165) is 12.8 Å². The number of carbonyl (C=O) groups is 1. The monoisotopic (exact) mass is 425 g/mol. The van der Waals surface area contributed by atoms with E-state index in [0.29, 0.717) is 17.9 Å². The molecule has 0 bridgehead atoms. The van der Waals surface area contributed by atoms with E-state index in [-0.39, 0.29) is 11.4 Å². The van der Waals surface area contributed by atoms with Crippen LogP contribution >= 0.6 is 0 Å². The number of carbonyl (C=O) groups excluding carboxylic acids is 1. The summed E-state index contributed by atoms with van der Waals surface area (Å²) in [6.45, 7) is 0.420. The average Bonchev–Trinajstić information content (AvgIpc) is 3.29. The van der Waals surface area contributed by atoms with Crippen LogP contribution in [-0.2, 0) is 32.5 Å². The van der Waals surface area contributed by atoms with Gasteiger partial charge in [-0.1, -0.05) is 42.5 Å². The number of aryl methyl sites for hydroxylation is 1. The number of hydrogen-bond acceptors (Lipinski definition) is 5. The third-order valence-corrected chi connectivity index (χ3v) is 5.73. The molecule has 3 aromatic rings. The summed E-state index contributed by atoms with van der Waals surface area (Å²) in [4.78, 5) is 12.0. The van der Waals surface area contributed by atoms with Crippen LogP contribution in [0.5, 0.6) is 0 Å². The summed E-state index contributed by atoms with van der Waals surface area (Å²) in [5.41, 5.74) is 1.90. The van der Waals surface area contributed by atoms with Gasteiger partial charge in [-0.3, -0.25) is 0 Å². The normalized spacial score (nSPS) is 11.6. The minimum absolute atomic E-state index is 0.0765. The van der Waals surface area contributed by atoms with Gasteiger partial charge in [0.1, 0.15) is 5.76 Å². The maximum absolute atomic E-state index is 12.3. The Bertz CT molecular complexity index is 1060. The summed E-state index contributed by atoms with van der Waals surface area (Å²) >= 11 is 0. The van der Waals surface area contributed by atoms with Gasteiger partial charge in [0.05, 0.1) is 24.3 Å². The second-order valence-electron chi connectivity index (χ2n) is 6.56. The summed E-state index contributed by atoms with van der Waals surface area (Å²) in [5.74, 6) is 0.0975. The summed E-state index contributed by atoms with van der Waals surface area (Å²) in [7, 11) is -3.65. The Morgan fingerprint density at radius 1 is 1.00 bits per heavy atom. The first kappa shape index (κ1) is 21.5. The van der Waals surface area contributed by atoms with Gasteiger partial charge in [0, 0.05) is 6.08 Å². The Balaban J connectivity index is 1.44. The highest BCUT2D eigenvalue weighted by molar-refractivity contribution is 7.89. The molecule has 2 aromatic carbocycles. The van der Waals surface area contributed by atoms with Crippen molar-refractivity contribution in [1.82, 2.24) is 4.72 Å². The Hall–Kier alpha value is -3.16. The van der Waals surface area contributed by atoms with Gasteiger partial charge >= 0.3 is 5.97 Å². The van der Waals surface area contributed by atoms with Gasteiger partial charge in [0.2, 0.25) is 10.0 Å². The minimum Gasteiger partial charge on any atom is -0.468 e. The van der Waals surface area contributed by atoms with Crippen LogP contribution in [0.15, 0.2) is 88.4 Å². The zero-order valence-corrected chi connectivity index (χ0v) is 17.2. The standard InChI is InChI=1S/C23H23NO5S/c25-23(29-17-4-8-19-6-2-1-3-7-19)15-12-20-10-13-22(14-11-20)30(26,27)24-18-21-9-5-16-28-21/h1-3,5-7,9-16,24H,4,8,17-18H2/b15-12+. The van der Waals surface area contributed by atoms with E-state index >= 15 is 0 Å². The number of rotatable bonds is 10. The minimum atomic E-state index is -3.65. The third kappa shape index (κ3) is 6.72. The van der Waals surface area contributed by atoms with Crippen molar-refractivity contribution < 1.29 is 22.4 Å². The van der Waals surface area contributed by atoms with Crippen LogP contribution in [0.3, 0.4) is 0 Å². The molecule has 0 aliphatic carbocycles. The fourth-order valence-electron chi connectivity index (χ4n) is 2.73. The highest BCUT2D eigenvalue weighted by atomic mass is 32.2. The Morgan fingerprint density at radius 2 is 1.77 bits per heavy atom. The summed E-state index contributed by atoms with van der Waals surface area (Å²) in [5, 5.41) is 0. The predicted molar refractivity (Wildman–Crippen MR) is 114 cm³/mol. The quantitative estimate of drug-likeness (QED) is 0.302. The molecule has 156 valence electrons. The number of ether oxygens (including phenoxy) is 1. The molecule has 0 aliphatic heterocycles. The highest BCUT2D eigenvalue weighted by Crippen LogP contribution is 2.13. The molecule has 7 heteroatoms.